The molecule has 1 aliphatic heterocycles. The van der Waals surface area contributed by atoms with Gasteiger partial charge in [-0.05, 0) is 25.7 Å². The minimum atomic E-state index is -1.18. The van der Waals surface area contributed by atoms with Gasteiger partial charge < -0.3 is 20.8 Å². The lowest BCUT2D eigenvalue weighted by Gasteiger charge is -2.35. The molecule has 0 aliphatic carbocycles. The van der Waals surface area contributed by atoms with Gasteiger partial charge in [-0.25, -0.2) is 4.79 Å². The number of hydrogen-bond donors (Lipinski definition) is 3. The van der Waals surface area contributed by atoms with Gasteiger partial charge in [0.05, 0.1) is 6.04 Å². The van der Waals surface area contributed by atoms with Crippen molar-refractivity contribution in [2.75, 3.05) is 6.54 Å². The molecule has 1 amide bonds. The third kappa shape index (κ3) is 3.04. The largest absolute Gasteiger partial charge is 0.481 e. The highest BCUT2D eigenvalue weighted by Gasteiger charge is 2.49. The fraction of sp³-hybridized carbons (Fsp3) is 0.750. The second kappa shape index (κ2) is 6.01. The lowest BCUT2D eigenvalue weighted by Crippen LogP contribution is -2.56. The summed E-state index contributed by atoms with van der Waals surface area (Å²) >= 11 is 0. The van der Waals surface area contributed by atoms with E-state index in [1.54, 1.807) is 6.92 Å². The van der Waals surface area contributed by atoms with Crippen molar-refractivity contribution >= 4 is 17.8 Å². The molecule has 7 heteroatoms. The van der Waals surface area contributed by atoms with Crippen molar-refractivity contribution in [3.63, 3.8) is 0 Å². The smallest absolute Gasteiger partial charge is 0.329 e. The maximum absolute atomic E-state index is 12.2. The second-order valence-electron chi connectivity index (χ2n) is 4.82. The lowest BCUT2D eigenvalue weighted by atomic mass is 9.92. The third-order valence-electron chi connectivity index (χ3n) is 3.72. The van der Waals surface area contributed by atoms with Gasteiger partial charge in [0.25, 0.3) is 0 Å². The average Bonchev–Trinajstić information content (AvgIpc) is 2.79. The highest BCUT2D eigenvalue weighted by Crippen LogP contribution is 2.33. The number of aliphatic carboxylic acids is 2. The standard InChI is InChI=1S/C12H20N2O5/c1-2-12(11(18)19)6-3-7-14(12)10(17)8(13)4-5-9(15)16/h8H,2-7,13H2,1H3,(H,15,16)(H,18,19). The van der Waals surface area contributed by atoms with Crippen molar-refractivity contribution in [1.29, 1.82) is 0 Å². The van der Waals surface area contributed by atoms with Gasteiger partial charge in [0.1, 0.15) is 5.54 Å². The second-order valence-corrected chi connectivity index (χ2v) is 4.82. The van der Waals surface area contributed by atoms with Crippen molar-refractivity contribution < 1.29 is 24.6 Å². The van der Waals surface area contributed by atoms with E-state index in [1.807, 2.05) is 0 Å². The van der Waals surface area contributed by atoms with Crippen molar-refractivity contribution in [1.82, 2.24) is 4.90 Å². The number of carbonyl (C=O) groups is 3. The third-order valence-corrected chi connectivity index (χ3v) is 3.72. The van der Waals surface area contributed by atoms with E-state index in [-0.39, 0.29) is 12.8 Å². The molecule has 1 saturated heterocycles. The molecule has 0 radical (unpaired) electrons. The molecular weight excluding hydrogens is 252 g/mol. The Morgan fingerprint density at radius 1 is 1.37 bits per heavy atom. The van der Waals surface area contributed by atoms with E-state index >= 15 is 0 Å². The number of hydrogen-bond acceptors (Lipinski definition) is 4. The zero-order valence-corrected chi connectivity index (χ0v) is 11.0. The van der Waals surface area contributed by atoms with Gasteiger partial charge in [0, 0.05) is 13.0 Å². The first-order valence-electron chi connectivity index (χ1n) is 6.37. The maximum atomic E-state index is 12.2. The number of amides is 1. The Bertz CT molecular complexity index is 384. The summed E-state index contributed by atoms with van der Waals surface area (Å²) < 4.78 is 0. The van der Waals surface area contributed by atoms with Crippen LogP contribution in [0, 0.1) is 0 Å². The lowest BCUT2D eigenvalue weighted by molar-refractivity contribution is -0.157. The van der Waals surface area contributed by atoms with Crippen LogP contribution in [0.4, 0.5) is 0 Å². The summed E-state index contributed by atoms with van der Waals surface area (Å²) in [4.78, 5) is 35.4. The number of rotatable bonds is 6. The van der Waals surface area contributed by atoms with E-state index in [2.05, 4.69) is 0 Å². The first kappa shape index (κ1) is 15.4. The topological polar surface area (TPSA) is 121 Å². The van der Waals surface area contributed by atoms with Crippen LogP contribution in [0.25, 0.3) is 0 Å². The number of nitrogens with two attached hydrogens (primary N) is 1. The van der Waals surface area contributed by atoms with Crippen LogP contribution >= 0.6 is 0 Å². The predicted molar refractivity (Wildman–Crippen MR) is 66.5 cm³/mol. The minimum absolute atomic E-state index is 0.0179. The first-order chi connectivity index (χ1) is 8.85. The molecule has 19 heavy (non-hydrogen) atoms. The van der Waals surface area contributed by atoms with E-state index in [9.17, 15) is 19.5 Å². The van der Waals surface area contributed by atoms with Crippen LogP contribution < -0.4 is 5.73 Å². The summed E-state index contributed by atoms with van der Waals surface area (Å²) in [6, 6.07) is -0.959. The number of nitrogens with zero attached hydrogens (tertiary/aromatic N) is 1. The SMILES string of the molecule is CCC1(C(=O)O)CCCN1C(=O)C(N)CCC(=O)O. The van der Waals surface area contributed by atoms with Gasteiger partial charge in [-0.3, -0.25) is 9.59 Å². The van der Waals surface area contributed by atoms with Crippen LogP contribution in [-0.4, -0.2) is 51.1 Å². The van der Waals surface area contributed by atoms with Crippen molar-refractivity contribution in [3.8, 4) is 0 Å². The van der Waals surface area contributed by atoms with Gasteiger partial charge in [0.2, 0.25) is 5.91 Å². The predicted octanol–water partition coefficient (Wildman–Crippen LogP) is 0.0343. The zero-order valence-electron chi connectivity index (χ0n) is 11.0. The molecule has 1 rings (SSSR count). The Morgan fingerprint density at radius 3 is 2.47 bits per heavy atom. The van der Waals surface area contributed by atoms with Gasteiger partial charge >= 0.3 is 11.9 Å². The van der Waals surface area contributed by atoms with Crippen LogP contribution in [0.2, 0.25) is 0 Å². The molecule has 0 bridgehead atoms. The minimum Gasteiger partial charge on any atom is -0.481 e. The van der Waals surface area contributed by atoms with E-state index in [4.69, 9.17) is 10.8 Å². The van der Waals surface area contributed by atoms with Crippen LogP contribution in [0.5, 0.6) is 0 Å². The summed E-state index contributed by atoms with van der Waals surface area (Å²) in [5.74, 6) is -2.51. The summed E-state index contributed by atoms with van der Waals surface area (Å²) in [7, 11) is 0. The molecular formula is C12H20N2O5. The average molecular weight is 272 g/mol. The number of likely N-dealkylation sites (tertiary alicyclic amines) is 1. The molecule has 7 nitrogen and oxygen atoms in total. The molecule has 0 aromatic carbocycles. The van der Waals surface area contributed by atoms with E-state index in [0.717, 1.165) is 0 Å². The molecule has 0 aromatic rings. The fourth-order valence-electron chi connectivity index (χ4n) is 2.54. The first-order valence-corrected chi connectivity index (χ1v) is 6.37. The summed E-state index contributed by atoms with van der Waals surface area (Å²) in [5.41, 5.74) is 4.49. The molecule has 2 atom stereocenters. The Balaban J connectivity index is 2.80. The van der Waals surface area contributed by atoms with Crippen LogP contribution in [0.3, 0.4) is 0 Å². The van der Waals surface area contributed by atoms with Crippen LogP contribution in [0.1, 0.15) is 39.0 Å². The molecule has 4 N–H and O–H groups in total. The number of carbonyl (C=O) groups excluding carboxylic acids is 1. The molecule has 1 heterocycles. The fourth-order valence-corrected chi connectivity index (χ4v) is 2.54. The number of carboxylic acids is 2. The van der Waals surface area contributed by atoms with E-state index < -0.39 is 29.4 Å². The van der Waals surface area contributed by atoms with E-state index in [0.29, 0.717) is 25.8 Å². The highest BCUT2D eigenvalue weighted by atomic mass is 16.4. The van der Waals surface area contributed by atoms with Crippen LogP contribution in [-0.2, 0) is 14.4 Å². The monoisotopic (exact) mass is 272 g/mol. The Labute approximate surface area is 111 Å². The van der Waals surface area contributed by atoms with Crippen molar-refractivity contribution in [2.24, 2.45) is 5.73 Å². The normalized spacial score (nSPS) is 24.2. The molecule has 1 fully saturated rings. The summed E-state index contributed by atoms with van der Waals surface area (Å²) in [5, 5.41) is 17.9. The van der Waals surface area contributed by atoms with Gasteiger partial charge in [-0.1, -0.05) is 6.92 Å². The molecule has 1 aliphatic rings. The molecule has 0 aromatic heterocycles. The van der Waals surface area contributed by atoms with Gasteiger partial charge in [-0.15, -0.1) is 0 Å². The maximum Gasteiger partial charge on any atom is 0.329 e. The summed E-state index contributed by atoms with van der Waals surface area (Å²) in [6.45, 7) is 2.09. The molecule has 2 unspecified atom stereocenters. The quantitative estimate of drug-likeness (QED) is 0.627. The number of carboxylic acid groups (broad SMARTS) is 2. The Hall–Kier alpha value is -1.63. The Morgan fingerprint density at radius 2 is 2.00 bits per heavy atom. The molecule has 108 valence electrons. The Kier molecular flexibility index (Phi) is 4.88. The van der Waals surface area contributed by atoms with Crippen molar-refractivity contribution in [2.45, 2.75) is 50.6 Å². The van der Waals surface area contributed by atoms with Crippen LogP contribution in [0.15, 0.2) is 0 Å². The van der Waals surface area contributed by atoms with Crippen molar-refractivity contribution in [3.05, 3.63) is 0 Å². The van der Waals surface area contributed by atoms with E-state index in [1.165, 1.54) is 4.90 Å². The molecule has 0 spiro atoms. The van der Waals surface area contributed by atoms with Gasteiger partial charge in [0.15, 0.2) is 0 Å². The van der Waals surface area contributed by atoms with Gasteiger partial charge in [-0.2, -0.15) is 0 Å². The zero-order chi connectivity index (χ0) is 14.6. The summed E-state index contributed by atoms with van der Waals surface area (Å²) in [6.07, 6.45) is 1.17. The highest BCUT2D eigenvalue weighted by molar-refractivity contribution is 5.90. The molecule has 0 saturated carbocycles.